The Morgan fingerprint density at radius 2 is 1.50 bits per heavy atom. The van der Waals surface area contributed by atoms with Crippen molar-refractivity contribution in [2.45, 2.75) is 44.7 Å². The topological polar surface area (TPSA) is 35.6 Å². The van der Waals surface area contributed by atoms with Gasteiger partial charge in [-0.15, -0.1) is 0 Å². The first-order valence-corrected chi connectivity index (χ1v) is 10.6. The summed E-state index contributed by atoms with van der Waals surface area (Å²) in [5, 5.41) is 3.46. The second-order valence-corrected chi connectivity index (χ2v) is 9.15. The zero-order valence-electron chi connectivity index (χ0n) is 15.6. The highest BCUT2D eigenvalue weighted by molar-refractivity contribution is 5.74. The third-order valence-electron chi connectivity index (χ3n) is 7.43. The van der Waals surface area contributed by atoms with Crippen molar-refractivity contribution in [3.8, 4) is 0 Å². The van der Waals surface area contributed by atoms with Gasteiger partial charge in [-0.05, 0) is 61.3 Å². The molecule has 0 radical (unpaired) electrons. The van der Waals surface area contributed by atoms with Gasteiger partial charge in [0.15, 0.2) is 0 Å². The quantitative estimate of drug-likeness (QED) is 0.905. The van der Waals surface area contributed by atoms with Crippen LogP contribution in [0.2, 0.25) is 0 Å². The molecule has 4 nitrogen and oxygen atoms in total. The summed E-state index contributed by atoms with van der Waals surface area (Å²) in [7, 11) is 0. The van der Waals surface area contributed by atoms with Crippen LogP contribution in [0.5, 0.6) is 0 Å². The number of carbonyl (C=O) groups excluding carboxylic acids is 1. The van der Waals surface area contributed by atoms with Crippen molar-refractivity contribution in [3.63, 3.8) is 0 Å². The summed E-state index contributed by atoms with van der Waals surface area (Å²) in [4.78, 5) is 17.4. The summed E-state index contributed by atoms with van der Waals surface area (Å²) in [6.07, 6.45) is 6.92. The fourth-order valence-electron chi connectivity index (χ4n) is 6.35. The summed E-state index contributed by atoms with van der Waals surface area (Å²) in [5.74, 6) is 3.45. The Morgan fingerprint density at radius 1 is 0.885 bits per heavy atom. The molecule has 0 unspecified atom stereocenters. The van der Waals surface area contributed by atoms with Crippen LogP contribution in [-0.2, 0) is 6.54 Å². The lowest BCUT2D eigenvalue weighted by molar-refractivity contribution is -0.0116. The average molecular weight is 354 g/mol. The van der Waals surface area contributed by atoms with Gasteiger partial charge in [0.2, 0.25) is 0 Å². The van der Waals surface area contributed by atoms with Gasteiger partial charge >= 0.3 is 6.03 Å². The van der Waals surface area contributed by atoms with Crippen LogP contribution >= 0.6 is 0 Å². The number of piperazine rings is 1. The first-order valence-electron chi connectivity index (χ1n) is 10.6. The highest BCUT2D eigenvalue weighted by Crippen LogP contribution is 2.53. The van der Waals surface area contributed by atoms with E-state index in [1.165, 1.54) is 37.7 Å². The van der Waals surface area contributed by atoms with Crippen LogP contribution in [0.25, 0.3) is 0 Å². The number of carbonyl (C=O) groups is 1. The van der Waals surface area contributed by atoms with E-state index in [0.29, 0.717) is 6.04 Å². The number of urea groups is 1. The monoisotopic (exact) mass is 353 g/mol. The van der Waals surface area contributed by atoms with Crippen LogP contribution in [0.1, 0.15) is 37.7 Å². The summed E-state index contributed by atoms with van der Waals surface area (Å²) in [6.45, 7) is 4.65. The van der Waals surface area contributed by atoms with Gasteiger partial charge in [-0.1, -0.05) is 30.3 Å². The molecule has 4 saturated carbocycles. The molecule has 4 aliphatic carbocycles. The predicted octanol–water partition coefficient (Wildman–Crippen LogP) is 3.34. The van der Waals surface area contributed by atoms with E-state index in [4.69, 9.17) is 0 Å². The third kappa shape index (κ3) is 3.24. The zero-order valence-corrected chi connectivity index (χ0v) is 15.6. The van der Waals surface area contributed by atoms with Crippen molar-refractivity contribution < 1.29 is 4.79 Å². The van der Waals surface area contributed by atoms with Crippen LogP contribution in [-0.4, -0.2) is 48.1 Å². The second-order valence-electron chi connectivity index (χ2n) is 9.15. The molecule has 2 amide bonds. The summed E-state index contributed by atoms with van der Waals surface area (Å²) in [6, 6.07) is 11.3. The van der Waals surface area contributed by atoms with E-state index < -0.39 is 0 Å². The van der Waals surface area contributed by atoms with Crippen molar-refractivity contribution in [3.05, 3.63) is 35.9 Å². The van der Waals surface area contributed by atoms with E-state index in [1.807, 2.05) is 4.90 Å². The van der Waals surface area contributed by atoms with Gasteiger partial charge in [0.25, 0.3) is 0 Å². The van der Waals surface area contributed by atoms with Crippen LogP contribution in [0.15, 0.2) is 30.3 Å². The minimum absolute atomic E-state index is 0.196. The van der Waals surface area contributed by atoms with Gasteiger partial charge in [-0.2, -0.15) is 0 Å². The molecule has 1 aromatic rings. The fourth-order valence-corrected chi connectivity index (χ4v) is 6.35. The molecule has 26 heavy (non-hydrogen) atoms. The molecule has 5 aliphatic rings. The average Bonchev–Trinajstić information content (AvgIpc) is 2.65. The number of benzene rings is 1. The zero-order chi connectivity index (χ0) is 17.5. The van der Waals surface area contributed by atoms with Crippen molar-refractivity contribution in [2.24, 2.45) is 23.7 Å². The second kappa shape index (κ2) is 6.88. The van der Waals surface area contributed by atoms with Gasteiger partial charge in [-0.3, -0.25) is 4.90 Å². The Kier molecular flexibility index (Phi) is 4.39. The molecule has 140 valence electrons. The van der Waals surface area contributed by atoms with Crippen molar-refractivity contribution in [1.29, 1.82) is 0 Å². The summed E-state index contributed by atoms with van der Waals surface area (Å²) in [5.41, 5.74) is 1.36. The van der Waals surface area contributed by atoms with E-state index in [2.05, 4.69) is 40.5 Å². The standard InChI is InChI=1S/C22H31N3O/c26-22(23-21-19-11-17-10-18(13-19)14-20(21)12-17)25-8-6-24(7-9-25)15-16-4-2-1-3-5-16/h1-5,17-21H,6-15H2,(H,23,26). The minimum atomic E-state index is 0.196. The molecule has 1 saturated heterocycles. The number of nitrogens with one attached hydrogen (secondary N) is 1. The summed E-state index contributed by atoms with van der Waals surface area (Å²) < 4.78 is 0. The van der Waals surface area contributed by atoms with E-state index in [1.54, 1.807) is 0 Å². The van der Waals surface area contributed by atoms with E-state index in [0.717, 1.165) is 56.4 Å². The predicted molar refractivity (Wildman–Crippen MR) is 103 cm³/mol. The van der Waals surface area contributed by atoms with Gasteiger partial charge in [0, 0.05) is 38.8 Å². The largest absolute Gasteiger partial charge is 0.335 e. The number of amides is 2. The lowest BCUT2D eigenvalue weighted by atomic mass is 9.54. The third-order valence-corrected chi connectivity index (χ3v) is 7.43. The molecule has 1 aliphatic heterocycles. The minimum Gasteiger partial charge on any atom is -0.335 e. The first kappa shape index (κ1) is 16.6. The Bertz CT molecular complexity index is 610. The maximum absolute atomic E-state index is 12.9. The Balaban J connectivity index is 1.13. The van der Waals surface area contributed by atoms with Crippen molar-refractivity contribution in [2.75, 3.05) is 26.2 Å². The van der Waals surface area contributed by atoms with Crippen molar-refractivity contribution >= 4 is 6.03 Å². The molecule has 4 bridgehead atoms. The molecule has 1 N–H and O–H groups in total. The Labute approximate surface area is 156 Å². The normalized spacial score (nSPS) is 36.3. The van der Waals surface area contributed by atoms with Crippen LogP contribution in [0, 0.1) is 23.7 Å². The molecule has 4 heteroatoms. The molecular formula is C22H31N3O. The van der Waals surface area contributed by atoms with Gasteiger partial charge in [0.1, 0.15) is 0 Å². The molecule has 0 aromatic heterocycles. The SMILES string of the molecule is O=C(NC1C2CC3CC(C2)CC1C3)N1CCN(Cc2ccccc2)CC1. The number of nitrogens with zero attached hydrogens (tertiary/aromatic N) is 2. The molecular weight excluding hydrogens is 322 g/mol. The highest BCUT2D eigenvalue weighted by atomic mass is 16.2. The lowest BCUT2D eigenvalue weighted by Crippen LogP contribution is -2.59. The molecule has 6 rings (SSSR count). The van der Waals surface area contributed by atoms with E-state index >= 15 is 0 Å². The first-order chi connectivity index (χ1) is 12.7. The highest BCUT2D eigenvalue weighted by Gasteiger charge is 2.48. The summed E-state index contributed by atoms with van der Waals surface area (Å²) >= 11 is 0. The van der Waals surface area contributed by atoms with Crippen LogP contribution in [0.4, 0.5) is 4.79 Å². The van der Waals surface area contributed by atoms with Crippen LogP contribution < -0.4 is 5.32 Å². The maximum atomic E-state index is 12.9. The van der Waals surface area contributed by atoms with Crippen molar-refractivity contribution in [1.82, 2.24) is 15.1 Å². The fraction of sp³-hybridized carbons (Fsp3) is 0.682. The Hall–Kier alpha value is -1.55. The molecule has 0 spiro atoms. The molecule has 1 heterocycles. The molecule has 0 atom stereocenters. The van der Waals surface area contributed by atoms with Gasteiger partial charge in [0.05, 0.1) is 0 Å². The maximum Gasteiger partial charge on any atom is 0.317 e. The van der Waals surface area contributed by atoms with E-state index in [-0.39, 0.29) is 6.03 Å². The number of hydrogen-bond acceptors (Lipinski definition) is 2. The van der Waals surface area contributed by atoms with Gasteiger partial charge < -0.3 is 10.2 Å². The molecule has 1 aromatic carbocycles. The lowest BCUT2D eigenvalue weighted by Gasteiger charge is -2.54. The Morgan fingerprint density at radius 3 is 2.12 bits per heavy atom. The van der Waals surface area contributed by atoms with E-state index in [9.17, 15) is 4.79 Å². The number of rotatable bonds is 3. The molecule has 5 fully saturated rings. The smallest absolute Gasteiger partial charge is 0.317 e. The number of hydrogen-bond donors (Lipinski definition) is 1. The van der Waals surface area contributed by atoms with Gasteiger partial charge in [-0.25, -0.2) is 4.79 Å². The van der Waals surface area contributed by atoms with Crippen LogP contribution in [0.3, 0.4) is 0 Å².